The molecule has 0 N–H and O–H groups in total. The number of ether oxygens (including phenoxy) is 1. The number of furan rings is 1. The van der Waals surface area contributed by atoms with Crippen LogP contribution < -0.4 is 4.90 Å². The van der Waals surface area contributed by atoms with E-state index in [0.717, 1.165) is 16.8 Å². The van der Waals surface area contributed by atoms with E-state index in [1.165, 1.54) is 36.5 Å². The average molecular weight is 465 g/mol. The van der Waals surface area contributed by atoms with E-state index in [0.29, 0.717) is 22.1 Å². The first kappa shape index (κ1) is 22.4. The van der Waals surface area contributed by atoms with Crippen LogP contribution in [-0.2, 0) is 16.1 Å². The third-order valence-corrected chi connectivity index (χ3v) is 5.80. The summed E-state index contributed by atoms with van der Waals surface area (Å²) in [4.78, 5) is 30.8. The van der Waals surface area contributed by atoms with Gasteiger partial charge in [-0.1, -0.05) is 17.7 Å². The van der Waals surface area contributed by atoms with E-state index in [9.17, 15) is 14.0 Å². The Balaban J connectivity index is 1.45. The Morgan fingerprint density at radius 3 is 2.55 bits per heavy atom. The van der Waals surface area contributed by atoms with Gasteiger partial charge in [-0.25, -0.2) is 14.2 Å². The number of rotatable bonds is 6. The van der Waals surface area contributed by atoms with Gasteiger partial charge < -0.3 is 9.15 Å². The number of halogens is 1. The van der Waals surface area contributed by atoms with E-state index in [2.05, 4.69) is 4.98 Å². The van der Waals surface area contributed by atoms with Crippen LogP contribution in [0, 0.1) is 19.7 Å². The van der Waals surface area contributed by atoms with E-state index in [4.69, 9.17) is 9.15 Å². The van der Waals surface area contributed by atoms with Gasteiger partial charge in [0.15, 0.2) is 5.13 Å². The number of carbonyl (C=O) groups is 2. The minimum absolute atomic E-state index is 0.0328. The number of aryl methyl sites for hydroxylation is 2. The highest BCUT2D eigenvalue weighted by atomic mass is 32.1. The third-order valence-electron chi connectivity index (χ3n) is 4.93. The highest BCUT2D eigenvalue weighted by molar-refractivity contribution is 7.14. The number of hydrogen-bond acceptors (Lipinski definition) is 6. The summed E-state index contributed by atoms with van der Waals surface area (Å²) in [5, 5.41) is 2.24. The fourth-order valence-electron chi connectivity index (χ4n) is 3.36. The van der Waals surface area contributed by atoms with Gasteiger partial charge in [-0.2, -0.15) is 0 Å². The first-order valence-corrected chi connectivity index (χ1v) is 11.0. The zero-order valence-electron chi connectivity index (χ0n) is 18.3. The zero-order valence-corrected chi connectivity index (χ0v) is 19.1. The quantitative estimate of drug-likeness (QED) is 0.318. The molecule has 4 rings (SSSR count). The Hall–Kier alpha value is -3.78. The molecule has 0 bridgehead atoms. The molecule has 8 heteroatoms. The number of hydrogen-bond donors (Lipinski definition) is 0. The maximum absolute atomic E-state index is 13.1. The molecule has 1 amide bonds. The van der Waals surface area contributed by atoms with Crippen molar-refractivity contribution in [3.05, 3.63) is 88.4 Å². The van der Waals surface area contributed by atoms with Gasteiger partial charge in [-0.3, -0.25) is 9.69 Å². The van der Waals surface area contributed by atoms with Crippen LogP contribution in [0.3, 0.4) is 0 Å². The normalized spacial score (nSPS) is 10.8. The Bertz CT molecular complexity index is 1310. The Morgan fingerprint density at radius 1 is 1.09 bits per heavy atom. The van der Waals surface area contributed by atoms with Crippen LogP contribution in [0.2, 0.25) is 0 Å². The van der Waals surface area contributed by atoms with E-state index in [1.54, 1.807) is 28.5 Å². The predicted octanol–water partition coefficient (Wildman–Crippen LogP) is 6.20. The summed E-state index contributed by atoms with van der Waals surface area (Å²) < 4.78 is 24.0. The highest BCUT2D eigenvalue weighted by Gasteiger charge is 2.21. The van der Waals surface area contributed by atoms with E-state index < -0.39 is 5.97 Å². The molecule has 0 aliphatic heterocycles. The summed E-state index contributed by atoms with van der Waals surface area (Å²) >= 11 is 1.29. The molecule has 2 aromatic heterocycles. The van der Waals surface area contributed by atoms with Gasteiger partial charge in [0, 0.05) is 17.9 Å². The second-order valence-electron chi connectivity index (χ2n) is 7.51. The number of benzene rings is 2. The Labute approximate surface area is 194 Å². The number of amides is 1. The van der Waals surface area contributed by atoms with Gasteiger partial charge in [0.25, 0.3) is 0 Å². The van der Waals surface area contributed by atoms with Crippen molar-refractivity contribution in [1.29, 1.82) is 0 Å². The first-order valence-electron chi connectivity index (χ1n) is 10.2. The molecule has 0 aliphatic carbocycles. The molecule has 0 radical (unpaired) electrons. The van der Waals surface area contributed by atoms with Crippen molar-refractivity contribution in [3.63, 3.8) is 0 Å². The summed E-state index contributed by atoms with van der Waals surface area (Å²) in [6.45, 7) is 5.35. The molecule has 0 atom stereocenters. The molecule has 6 nitrogen and oxygen atoms in total. The smallest absolute Gasteiger partial charge is 0.374 e. The summed E-state index contributed by atoms with van der Waals surface area (Å²) in [6.07, 6.45) is 0. The Kier molecular flexibility index (Phi) is 6.37. The molecule has 0 saturated carbocycles. The average Bonchev–Trinajstić information content (AvgIpc) is 3.44. The summed E-state index contributed by atoms with van der Waals surface area (Å²) in [5.41, 5.74) is 3.99. The number of thiazole rings is 1. The number of anilines is 2. The van der Waals surface area contributed by atoms with E-state index in [-0.39, 0.29) is 24.1 Å². The molecule has 168 valence electrons. The fraction of sp³-hybridized carbons (Fsp3) is 0.160. The number of aromatic nitrogens is 1. The molecule has 0 fully saturated rings. The zero-order chi connectivity index (χ0) is 23.5. The van der Waals surface area contributed by atoms with Crippen LogP contribution in [0.5, 0.6) is 0 Å². The second kappa shape index (κ2) is 9.38. The van der Waals surface area contributed by atoms with Crippen molar-refractivity contribution in [2.75, 3.05) is 4.90 Å². The van der Waals surface area contributed by atoms with Gasteiger partial charge in [-0.15, -0.1) is 11.3 Å². The molecule has 0 aliphatic rings. The predicted molar refractivity (Wildman–Crippen MR) is 124 cm³/mol. The van der Waals surface area contributed by atoms with Gasteiger partial charge in [-0.05, 0) is 61.9 Å². The van der Waals surface area contributed by atoms with Gasteiger partial charge in [0.05, 0.1) is 11.4 Å². The molecule has 0 spiro atoms. The van der Waals surface area contributed by atoms with Gasteiger partial charge in [0.2, 0.25) is 11.7 Å². The largest absolute Gasteiger partial charge is 0.453 e. The maximum atomic E-state index is 13.1. The maximum Gasteiger partial charge on any atom is 0.374 e. The lowest BCUT2D eigenvalue weighted by atomic mass is 10.1. The van der Waals surface area contributed by atoms with Crippen LogP contribution in [0.1, 0.15) is 34.3 Å². The molecule has 2 heterocycles. The van der Waals surface area contributed by atoms with Crippen molar-refractivity contribution < 1.29 is 23.1 Å². The monoisotopic (exact) mass is 464 g/mol. The van der Waals surface area contributed by atoms with E-state index >= 15 is 0 Å². The second-order valence-corrected chi connectivity index (χ2v) is 8.35. The summed E-state index contributed by atoms with van der Waals surface area (Å²) in [5.74, 6) is -0.693. The Morgan fingerprint density at radius 2 is 1.85 bits per heavy atom. The number of esters is 1. The topological polar surface area (TPSA) is 72.6 Å². The van der Waals surface area contributed by atoms with E-state index in [1.807, 2.05) is 32.0 Å². The highest BCUT2D eigenvalue weighted by Crippen LogP contribution is 2.32. The van der Waals surface area contributed by atoms with Crippen molar-refractivity contribution in [1.82, 2.24) is 4.98 Å². The van der Waals surface area contributed by atoms with Crippen molar-refractivity contribution in [3.8, 4) is 11.3 Å². The molecular weight excluding hydrogens is 443 g/mol. The van der Waals surface area contributed by atoms with Gasteiger partial charge >= 0.3 is 5.97 Å². The lowest BCUT2D eigenvalue weighted by Gasteiger charge is -2.20. The standard InChI is InChI=1S/C25H21FN2O4S/c1-15-4-9-21(16(2)12-15)28(17(3)29)25-27-20(14-33-25)13-31-24(30)23-11-10-22(32-23)18-5-7-19(26)8-6-18/h4-12,14H,13H2,1-3H3. The molecule has 0 saturated heterocycles. The molecular formula is C25H21FN2O4S. The summed E-state index contributed by atoms with van der Waals surface area (Å²) in [7, 11) is 0. The number of carbonyl (C=O) groups excluding carboxylic acids is 2. The van der Waals surface area contributed by atoms with Crippen molar-refractivity contribution >= 4 is 34.0 Å². The van der Waals surface area contributed by atoms with Crippen LogP contribution in [0.25, 0.3) is 11.3 Å². The van der Waals surface area contributed by atoms with Crippen LogP contribution in [0.4, 0.5) is 15.2 Å². The minimum Gasteiger partial charge on any atom is -0.453 e. The fourth-order valence-corrected chi connectivity index (χ4v) is 4.22. The first-order chi connectivity index (χ1) is 15.8. The molecule has 4 aromatic rings. The summed E-state index contributed by atoms with van der Waals surface area (Å²) in [6, 6.07) is 14.7. The lowest BCUT2D eigenvalue weighted by Crippen LogP contribution is -2.23. The molecule has 33 heavy (non-hydrogen) atoms. The van der Waals surface area contributed by atoms with Crippen LogP contribution in [-0.4, -0.2) is 16.9 Å². The van der Waals surface area contributed by atoms with Crippen molar-refractivity contribution in [2.45, 2.75) is 27.4 Å². The van der Waals surface area contributed by atoms with Crippen LogP contribution in [0.15, 0.2) is 64.4 Å². The van der Waals surface area contributed by atoms with Crippen molar-refractivity contribution in [2.24, 2.45) is 0 Å². The van der Waals surface area contributed by atoms with Gasteiger partial charge in [0.1, 0.15) is 18.2 Å². The lowest BCUT2D eigenvalue weighted by molar-refractivity contribution is -0.115. The molecule has 2 aromatic carbocycles. The molecule has 0 unspecified atom stereocenters. The number of nitrogens with zero attached hydrogens (tertiary/aromatic N) is 2. The SMILES string of the molecule is CC(=O)N(c1nc(COC(=O)c2ccc(-c3ccc(F)cc3)o2)cs1)c1ccc(C)cc1C. The third kappa shape index (κ3) is 5.01. The minimum atomic E-state index is -0.643. The van der Waals surface area contributed by atoms with Crippen LogP contribution >= 0.6 is 11.3 Å².